The highest BCUT2D eigenvalue weighted by Crippen LogP contribution is 2.20. The van der Waals surface area contributed by atoms with E-state index in [4.69, 9.17) is 4.74 Å². The quantitative estimate of drug-likeness (QED) is 0.808. The van der Waals surface area contributed by atoms with Crippen LogP contribution in [0.15, 0.2) is 0 Å². The van der Waals surface area contributed by atoms with E-state index in [1.807, 2.05) is 4.90 Å². The van der Waals surface area contributed by atoms with E-state index >= 15 is 0 Å². The molecular formula is C14H27N3O2. The predicted octanol–water partition coefficient (Wildman–Crippen LogP) is 0.510. The van der Waals surface area contributed by atoms with Crippen LogP contribution in [0.2, 0.25) is 0 Å². The third-order valence-electron chi connectivity index (χ3n) is 4.09. The molecule has 0 radical (unpaired) electrons. The van der Waals surface area contributed by atoms with E-state index in [9.17, 15) is 4.79 Å². The van der Waals surface area contributed by atoms with Crippen LogP contribution in [0.4, 0.5) is 0 Å². The Balaban J connectivity index is 1.99. The lowest BCUT2D eigenvalue weighted by atomic mass is 10.0. The lowest BCUT2D eigenvalue weighted by molar-refractivity contribution is -0.134. The van der Waals surface area contributed by atoms with Crippen LogP contribution in [0, 0.1) is 5.92 Å². The molecule has 5 heteroatoms. The summed E-state index contributed by atoms with van der Waals surface area (Å²) in [4.78, 5) is 16.7. The molecule has 19 heavy (non-hydrogen) atoms. The molecule has 0 aliphatic carbocycles. The zero-order valence-corrected chi connectivity index (χ0v) is 12.6. The maximum atomic E-state index is 12.5. The van der Waals surface area contributed by atoms with Crippen molar-refractivity contribution in [1.82, 2.24) is 15.1 Å². The molecule has 2 saturated heterocycles. The number of carbonyl (C=O) groups is 1. The van der Waals surface area contributed by atoms with Gasteiger partial charge < -0.3 is 14.5 Å². The number of nitrogens with zero attached hydrogens (tertiary/aromatic N) is 2. The van der Waals surface area contributed by atoms with Crippen molar-refractivity contribution in [3.63, 3.8) is 0 Å². The van der Waals surface area contributed by atoms with Crippen LogP contribution in [-0.2, 0) is 9.53 Å². The number of likely N-dealkylation sites (N-methyl/N-ethyl adjacent to an activating group) is 1. The molecule has 0 spiro atoms. The SMILES string of the molecule is CCC1NC(C(C)C)C(=O)N1CC1CN(C)CCO1. The Bertz CT molecular complexity index is 322. The van der Waals surface area contributed by atoms with Gasteiger partial charge in [0.2, 0.25) is 5.91 Å². The number of carbonyl (C=O) groups excluding carboxylic acids is 1. The summed E-state index contributed by atoms with van der Waals surface area (Å²) in [5, 5.41) is 3.45. The van der Waals surface area contributed by atoms with E-state index in [2.05, 4.69) is 38.0 Å². The highest BCUT2D eigenvalue weighted by Gasteiger charge is 2.40. The van der Waals surface area contributed by atoms with Gasteiger partial charge in [0.1, 0.15) is 0 Å². The van der Waals surface area contributed by atoms with Crippen LogP contribution in [0.3, 0.4) is 0 Å². The molecule has 3 atom stereocenters. The Kier molecular flexibility index (Phi) is 4.81. The zero-order chi connectivity index (χ0) is 14.0. The van der Waals surface area contributed by atoms with Gasteiger partial charge in [-0.15, -0.1) is 0 Å². The van der Waals surface area contributed by atoms with Gasteiger partial charge in [-0.25, -0.2) is 0 Å². The van der Waals surface area contributed by atoms with E-state index in [1.54, 1.807) is 0 Å². The summed E-state index contributed by atoms with van der Waals surface area (Å²) in [7, 11) is 2.10. The second-order valence-electron chi connectivity index (χ2n) is 6.06. The molecule has 1 amide bonds. The van der Waals surface area contributed by atoms with Gasteiger partial charge in [0.15, 0.2) is 0 Å². The van der Waals surface area contributed by atoms with Crippen molar-refractivity contribution in [3.05, 3.63) is 0 Å². The fourth-order valence-corrected chi connectivity index (χ4v) is 2.93. The summed E-state index contributed by atoms with van der Waals surface area (Å²) in [6.07, 6.45) is 1.25. The van der Waals surface area contributed by atoms with Gasteiger partial charge in [-0.2, -0.15) is 0 Å². The summed E-state index contributed by atoms with van der Waals surface area (Å²) < 4.78 is 5.78. The molecule has 110 valence electrons. The lowest BCUT2D eigenvalue weighted by Gasteiger charge is -2.34. The maximum Gasteiger partial charge on any atom is 0.241 e. The Morgan fingerprint density at radius 3 is 2.79 bits per heavy atom. The van der Waals surface area contributed by atoms with Crippen LogP contribution in [0.1, 0.15) is 27.2 Å². The summed E-state index contributed by atoms with van der Waals surface area (Å²) in [5.41, 5.74) is 0. The van der Waals surface area contributed by atoms with Gasteiger partial charge in [-0.3, -0.25) is 10.1 Å². The number of hydrogen-bond acceptors (Lipinski definition) is 4. The van der Waals surface area contributed by atoms with Crippen molar-refractivity contribution in [2.45, 2.75) is 45.5 Å². The minimum absolute atomic E-state index is 0.0359. The average Bonchev–Trinajstić information content (AvgIpc) is 2.67. The smallest absolute Gasteiger partial charge is 0.241 e. The van der Waals surface area contributed by atoms with Gasteiger partial charge in [-0.1, -0.05) is 20.8 Å². The normalized spacial score (nSPS) is 33.4. The largest absolute Gasteiger partial charge is 0.374 e. The number of hydrogen-bond donors (Lipinski definition) is 1. The lowest BCUT2D eigenvalue weighted by Crippen LogP contribution is -2.49. The van der Waals surface area contributed by atoms with E-state index in [0.717, 1.165) is 26.1 Å². The maximum absolute atomic E-state index is 12.5. The average molecular weight is 269 g/mol. The van der Waals surface area contributed by atoms with Crippen molar-refractivity contribution in [1.29, 1.82) is 0 Å². The van der Waals surface area contributed by atoms with Crippen LogP contribution >= 0.6 is 0 Å². The fraction of sp³-hybridized carbons (Fsp3) is 0.929. The second-order valence-corrected chi connectivity index (χ2v) is 6.06. The Morgan fingerprint density at radius 2 is 2.21 bits per heavy atom. The van der Waals surface area contributed by atoms with Crippen molar-refractivity contribution < 1.29 is 9.53 Å². The molecule has 2 heterocycles. The molecule has 2 aliphatic rings. The van der Waals surface area contributed by atoms with Gasteiger partial charge in [0.05, 0.1) is 24.9 Å². The fourth-order valence-electron chi connectivity index (χ4n) is 2.93. The number of amides is 1. The number of morpholine rings is 1. The summed E-state index contributed by atoms with van der Waals surface area (Å²) >= 11 is 0. The summed E-state index contributed by atoms with van der Waals surface area (Å²) in [6, 6.07) is -0.0359. The van der Waals surface area contributed by atoms with Gasteiger partial charge in [-0.05, 0) is 19.4 Å². The molecule has 3 unspecified atom stereocenters. The number of rotatable bonds is 4. The Morgan fingerprint density at radius 1 is 1.47 bits per heavy atom. The first-order valence-electron chi connectivity index (χ1n) is 7.39. The molecule has 2 fully saturated rings. The molecule has 5 nitrogen and oxygen atoms in total. The molecule has 0 saturated carbocycles. The van der Waals surface area contributed by atoms with E-state index in [1.165, 1.54) is 0 Å². The third-order valence-corrected chi connectivity index (χ3v) is 4.09. The zero-order valence-electron chi connectivity index (χ0n) is 12.6. The number of ether oxygens (including phenoxy) is 1. The molecule has 0 aromatic heterocycles. The van der Waals surface area contributed by atoms with Crippen molar-refractivity contribution >= 4 is 5.91 Å². The Hall–Kier alpha value is -0.650. The summed E-state index contributed by atoms with van der Waals surface area (Å²) in [6.45, 7) is 9.67. The standard InChI is InChI=1S/C14H27N3O2/c1-5-12-15-13(10(2)3)14(18)17(12)9-11-8-16(4)6-7-19-11/h10-13,15H,5-9H2,1-4H3. The minimum atomic E-state index is -0.0359. The molecule has 2 rings (SSSR count). The van der Waals surface area contributed by atoms with Crippen molar-refractivity contribution in [3.8, 4) is 0 Å². The van der Waals surface area contributed by atoms with Crippen LogP contribution in [-0.4, -0.2) is 67.3 Å². The van der Waals surface area contributed by atoms with E-state index in [0.29, 0.717) is 12.5 Å². The van der Waals surface area contributed by atoms with Crippen LogP contribution < -0.4 is 5.32 Å². The second kappa shape index (κ2) is 6.20. The minimum Gasteiger partial charge on any atom is -0.374 e. The topological polar surface area (TPSA) is 44.8 Å². The highest BCUT2D eigenvalue weighted by atomic mass is 16.5. The van der Waals surface area contributed by atoms with Gasteiger partial charge >= 0.3 is 0 Å². The Labute approximate surface area is 116 Å². The predicted molar refractivity (Wildman–Crippen MR) is 74.8 cm³/mol. The van der Waals surface area contributed by atoms with Crippen LogP contribution in [0.25, 0.3) is 0 Å². The first kappa shape index (κ1) is 14.8. The molecule has 0 bridgehead atoms. The summed E-state index contributed by atoms with van der Waals surface area (Å²) in [5.74, 6) is 0.570. The first-order chi connectivity index (χ1) is 9.02. The van der Waals surface area contributed by atoms with E-state index < -0.39 is 0 Å². The molecule has 2 aliphatic heterocycles. The highest BCUT2D eigenvalue weighted by molar-refractivity contribution is 5.84. The molecule has 1 N–H and O–H groups in total. The molecule has 0 aromatic rings. The van der Waals surface area contributed by atoms with E-state index in [-0.39, 0.29) is 24.2 Å². The molecular weight excluding hydrogens is 242 g/mol. The third kappa shape index (κ3) is 3.27. The van der Waals surface area contributed by atoms with Gasteiger partial charge in [0, 0.05) is 19.6 Å². The monoisotopic (exact) mass is 269 g/mol. The first-order valence-corrected chi connectivity index (χ1v) is 7.39. The van der Waals surface area contributed by atoms with Gasteiger partial charge in [0.25, 0.3) is 0 Å². The van der Waals surface area contributed by atoms with Crippen molar-refractivity contribution in [2.75, 3.05) is 33.3 Å². The number of nitrogens with one attached hydrogen (secondary N) is 1. The van der Waals surface area contributed by atoms with Crippen LogP contribution in [0.5, 0.6) is 0 Å². The van der Waals surface area contributed by atoms with Crippen molar-refractivity contribution in [2.24, 2.45) is 5.92 Å². The molecule has 0 aromatic carbocycles.